The summed E-state index contributed by atoms with van der Waals surface area (Å²) >= 11 is 0. The number of aryl methyl sites for hydroxylation is 1. The fraction of sp³-hybridized carbons (Fsp3) is 0.250. The van der Waals surface area contributed by atoms with E-state index in [4.69, 9.17) is 4.74 Å². The van der Waals surface area contributed by atoms with Gasteiger partial charge in [-0.05, 0) is 44.2 Å². The zero-order valence-corrected chi connectivity index (χ0v) is 14.8. The third-order valence-electron chi connectivity index (χ3n) is 4.36. The number of para-hydroxylation sites is 1. The SMILES string of the molecule is COc1ccc(NCc2c(C)nn(-c3ccccc3)c2C)cc1CO. The van der Waals surface area contributed by atoms with E-state index in [2.05, 4.69) is 17.3 Å². The van der Waals surface area contributed by atoms with Crippen LogP contribution >= 0.6 is 0 Å². The van der Waals surface area contributed by atoms with Gasteiger partial charge < -0.3 is 15.2 Å². The summed E-state index contributed by atoms with van der Waals surface area (Å²) in [5, 5.41) is 17.5. The Balaban J connectivity index is 1.81. The predicted octanol–water partition coefficient (Wildman–Crippen LogP) is 3.60. The van der Waals surface area contributed by atoms with E-state index in [0.29, 0.717) is 12.3 Å². The quantitative estimate of drug-likeness (QED) is 0.721. The number of nitrogens with one attached hydrogen (secondary N) is 1. The van der Waals surface area contributed by atoms with Gasteiger partial charge >= 0.3 is 0 Å². The lowest BCUT2D eigenvalue weighted by atomic mass is 10.1. The smallest absolute Gasteiger partial charge is 0.124 e. The Labute approximate surface area is 147 Å². The number of ether oxygens (including phenoxy) is 1. The molecule has 1 aromatic heterocycles. The van der Waals surface area contributed by atoms with Gasteiger partial charge in [0.25, 0.3) is 0 Å². The second kappa shape index (κ2) is 7.40. The van der Waals surface area contributed by atoms with Crippen molar-refractivity contribution in [2.24, 2.45) is 0 Å². The predicted molar refractivity (Wildman–Crippen MR) is 99.3 cm³/mol. The zero-order chi connectivity index (χ0) is 17.8. The first-order valence-electron chi connectivity index (χ1n) is 8.26. The lowest BCUT2D eigenvalue weighted by Gasteiger charge is -2.11. The molecule has 1 heterocycles. The van der Waals surface area contributed by atoms with Gasteiger partial charge in [-0.3, -0.25) is 0 Å². The van der Waals surface area contributed by atoms with Crippen LogP contribution in [0.4, 0.5) is 5.69 Å². The van der Waals surface area contributed by atoms with Crippen molar-refractivity contribution in [3.05, 3.63) is 71.0 Å². The Hall–Kier alpha value is -2.79. The standard InChI is InChI=1S/C20H23N3O2/c1-14-19(15(2)23(22-14)18-7-5-4-6-8-18)12-21-17-9-10-20(25-3)16(11-17)13-24/h4-11,21,24H,12-13H2,1-3H3. The number of hydrogen-bond donors (Lipinski definition) is 2. The van der Waals surface area contributed by atoms with Gasteiger partial charge in [0.2, 0.25) is 0 Å². The molecule has 0 saturated carbocycles. The number of methoxy groups -OCH3 is 1. The molecule has 0 aliphatic rings. The van der Waals surface area contributed by atoms with Crippen molar-refractivity contribution in [1.82, 2.24) is 9.78 Å². The van der Waals surface area contributed by atoms with E-state index in [9.17, 15) is 5.11 Å². The summed E-state index contributed by atoms with van der Waals surface area (Å²) < 4.78 is 7.22. The summed E-state index contributed by atoms with van der Waals surface area (Å²) in [4.78, 5) is 0. The minimum absolute atomic E-state index is 0.0529. The van der Waals surface area contributed by atoms with Crippen molar-refractivity contribution in [2.75, 3.05) is 12.4 Å². The normalized spacial score (nSPS) is 10.7. The molecule has 2 aromatic carbocycles. The van der Waals surface area contributed by atoms with Crippen LogP contribution in [-0.4, -0.2) is 22.0 Å². The van der Waals surface area contributed by atoms with Crippen molar-refractivity contribution in [2.45, 2.75) is 27.0 Å². The minimum atomic E-state index is -0.0529. The van der Waals surface area contributed by atoms with Crippen LogP contribution in [0.15, 0.2) is 48.5 Å². The van der Waals surface area contributed by atoms with Gasteiger partial charge in [-0.2, -0.15) is 5.10 Å². The van der Waals surface area contributed by atoms with Gasteiger partial charge in [0.05, 0.1) is 25.1 Å². The molecule has 5 heteroatoms. The van der Waals surface area contributed by atoms with E-state index in [1.54, 1.807) is 7.11 Å². The highest BCUT2D eigenvalue weighted by molar-refractivity contribution is 5.52. The Bertz CT molecular complexity index is 857. The Morgan fingerprint density at radius 2 is 1.88 bits per heavy atom. The van der Waals surface area contributed by atoms with Crippen LogP contribution < -0.4 is 10.1 Å². The highest BCUT2D eigenvalue weighted by Crippen LogP contribution is 2.24. The Morgan fingerprint density at radius 1 is 1.12 bits per heavy atom. The van der Waals surface area contributed by atoms with Crippen molar-refractivity contribution >= 4 is 5.69 Å². The highest BCUT2D eigenvalue weighted by Gasteiger charge is 2.13. The molecule has 0 atom stereocenters. The number of rotatable bonds is 6. The maximum Gasteiger partial charge on any atom is 0.124 e. The summed E-state index contributed by atoms with van der Waals surface area (Å²) in [6, 6.07) is 15.8. The van der Waals surface area contributed by atoms with E-state index in [0.717, 1.165) is 28.3 Å². The molecule has 130 valence electrons. The molecule has 3 aromatic rings. The lowest BCUT2D eigenvalue weighted by Crippen LogP contribution is -2.04. The molecule has 0 unspecified atom stereocenters. The van der Waals surface area contributed by atoms with Crippen LogP contribution in [0.2, 0.25) is 0 Å². The van der Waals surface area contributed by atoms with E-state index in [1.807, 2.05) is 60.1 Å². The van der Waals surface area contributed by atoms with Gasteiger partial charge in [-0.25, -0.2) is 4.68 Å². The van der Waals surface area contributed by atoms with Crippen molar-refractivity contribution in [1.29, 1.82) is 0 Å². The molecule has 0 fully saturated rings. The highest BCUT2D eigenvalue weighted by atomic mass is 16.5. The summed E-state index contributed by atoms with van der Waals surface area (Å²) in [7, 11) is 1.60. The minimum Gasteiger partial charge on any atom is -0.496 e. The van der Waals surface area contributed by atoms with Crippen LogP contribution in [0.5, 0.6) is 5.75 Å². The number of aliphatic hydroxyl groups excluding tert-OH is 1. The Morgan fingerprint density at radius 3 is 2.56 bits per heavy atom. The molecular formula is C20H23N3O2. The van der Waals surface area contributed by atoms with Crippen LogP contribution in [0.3, 0.4) is 0 Å². The fourth-order valence-corrected chi connectivity index (χ4v) is 2.95. The summed E-state index contributed by atoms with van der Waals surface area (Å²) in [5.41, 5.74) is 6.06. The van der Waals surface area contributed by atoms with Crippen LogP contribution in [0.1, 0.15) is 22.5 Å². The first-order chi connectivity index (χ1) is 12.1. The molecule has 0 aliphatic heterocycles. The largest absolute Gasteiger partial charge is 0.496 e. The monoisotopic (exact) mass is 337 g/mol. The molecule has 0 radical (unpaired) electrons. The third-order valence-corrected chi connectivity index (χ3v) is 4.36. The first-order valence-corrected chi connectivity index (χ1v) is 8.26. The lowest BCUT2D eigenvalue weighted by molar-refractivity contribution is 0.274. The van der Waals surface area contributed by atoms with E-state index >= 15 is 0 Å². The van der Waals surface area contributed by atoms with E-state index in [-0.39, 0.29) is 6.61 Å². The summed E-state index contributed by atoms with van der Waals surface area (Å²) in [6.45, 7) is 4.72. The molecule has 0 saturated heterocycles. The van der Waals surface area contributed by atoms with Crippen molar-refractivity contribution < 1.29 is 9.84 Å². The average Bonchev–Trinajstić information content (AvgIpc) is 2.94. The van der Waals surface area contributed by atoms with Crippen LogP contribution in [-0.2, 0) is 13.2 Å². The molecular weight excluding hydrogens is 314 g/mol. The number of anilines is 1. The molecule has 0 amide bonds. The number of nitrogens with zero attached hydrogens (tertiary/aromatic N) is 2. The maximum atomic E-state index is 9.46. The van der Waals surface area contributed by atoms with E-state index < -0.39 is 0 Å². The van der Waals surface area contributed by atoms with Crippen LogP contribution in [0.25, 0.3) is 5.69 Å². The number of benzene rings is 2. The fourth-order valence-electron chi connectivity index (χ4n) is 2.95. The maximum absolute atomic E-state index is 9.46. The van der Waals surface area contributed by atoms with Crippen LogP contribution in [0, 0.1) is 13.8 Å². The molecule has 3 rings (SSSR count). The topological polar surface area (TPSA) is 59.3 Å². The summed E-state index contributed by atoms with van der Waals surface area (Å²) in [5.74, 6) is 0.692. The molecule has 0 spiro atoms. The first kappa shape index (κ1) is 17.0. The second-order valence-corrected chi connectivity index (χ2v) is 5.94. The summed E-state index contributed by atoms with van der Waals surface area (Å²) in [6.07, 6.45) is 0. The van der Waals surface area contributed by atoms with Gasteiger partial charge in [-0.1, -0.05) is 18.2 Å². The Kier molecular flexibility index (Phi) is 5.05. The second-order valence-electron chi connectivity index (χ2n) is 5.94. The van der Waals surface area contributed by atoms with Crippen molar-refractivity contribution in [3.8, 4) is 11.4 Å². The van der Waals surface area contributed by atoms with Gasteiger partial charge in [-0.15, -0.1) is 0 Å². The van der Waals surface area contributed by atoms with Gasteiger partial charge in [0.15, 0.2) is 0 Å². The number of hydrogen-bond acceptors (Lipinski definition) is 4. The molecule has 25 heavy (non-hydrogen) atoms. The molecule has 0 bridgehead atoms. The van der Waals surface area contributed by atoms with Gasteiger partial charge in [0.1, 0.15) is 5.75 Å². The van der Waals surface area contributed by atoms with Crippen molar-refractivity contribution in [3.63, 3.8) is 0 Å². The average molecular weight is 337 g/mol. The number of aliphatic hydroxyl groups is 1. The third kappa shape index (κ3) is 3.51. The molecule has 5 nitrogen and oxygen atoms in total. The molecule has 0 aliphatic carbocycles. The number of aromatic nitrogens is 2. The zero-order valence-electron chi connectivity index (χ0n) is 14.8. The van der Waals surface area contributed by atoms with Gasteiger partial charge in [0, 0.05) is 29.1 Å². The molecule has 2 N–H and O–H groups in total. The van der Waals surface area contributed by atoms with E-state index in [1.165, 1.54) is 5.56 Å².